The lowest BCUT2D eigenvalue weighted by Crippen LogP contribution is -2.08. The molecule has 0 heterocycles. The smallest absolute Gasteiger partial charge is 0.416 e. The van der Waals surface area contributed by atoms with E-state index in [-0.39, 0.29) is 11.2 Å². The number of hydrogen-bond acceptors (Lipinski definition) is 2. The van der Waals surface area contributed by atoms with Crippen LogP contribution >= 0.6 is 0 Å². The Kier molecular flexibility index (Phi) is 5.43. The van der Waals surface area contributed by atoms with Crippen LogP contribution in [0.25, 0.3) is 0 Å². The molecule has 0 aliphatic rings. The van der Waals surface area contributed by atoms with E-state index in [0.717, 1.165) is 25.0 Å². The lowest BCUT2D eigenvalue weighted by Gasteiger charge is -2.14. The monoisotopic (exact) mass is 285 g/mol. The van der Waals surface area contributed by atoms with Crippen LogP contribution in [0.5, 0.6) is 5.75 Å². The maximum Gasteiger partial charge on any atom is 0.416 e. The molecule has 1 aromatic rings. The zero-order valence-corrected chi connectivity index (χ0v) is 11.6. The number of ether oxygens (including phenoxy) is 1. The van der Waals surface area contributed by atoms with E-state index in [2.05, 4.69) is 6.07 Å². The first kappa shape index (κ1) is 16.4. The van der Waals surface area contributed by atoms with Crippen molar-refractivity contribution in [3.05, 3.63) is 29.8 Å². The van der Waals surface area contributed by atoms with E-state index >= 15 is 0 Å². The van der Waals surface area contributed by atoms with Crippen LogP contribution in [0.4, 0.5) is 13.2 Å². The molecular weight excluding hydrogens is 267 g/mol. The predicted molar refractivity (Wildman–Crippen MR) is 70.2 cm³/mol. The highest BCUT2D eigenvalue weighted by atomic mass is 19.4. The first-order valence-corrected chi connectivity index (χ1v) is 6.46. The third kappa shape index (κ3) is 5.52. The van der Waals surface area contributed by atoms with Crippen molar-refractivity contribution in [1.29, 1.82) is 5.26 Å². The minimum atomic E-state index is -4.35. The van der Waals surface area contributed by atoms with Gasteiger partial charge in [0.25, 0.3) is 0 Å². The van der Waals surface area contributed by atoms with Crippen LogP contribution in [-0.4, -0.2) is 6.61 Å². The Labute approximate surface area is 117 Å². The summed E-state index contributed by atoms with van der Waals surface area (Å²) in [5.41, 5.74) is -1.07. The number of unbranched alkanes of at least 4 members (excludes halogenated alkanes) is 1. The molecule has 5 heteroatoms. The van der Waals surface area contributed by atoms with Gasteiger partial charge in [0, 0.05) is 0 Å². The molecule has 0 bridgehead atoms. The number of alkyl halides is 3. The summed E-state index contributed by atoms with van der Waals surface area (Å²) in [6, 6.07) is 7.06. The topological polar surface area (TPSA) is 33.0 Å². The molecular formula is C15H18F3NO. The van der Waals surface area contributed by atoms with E-state index in [0.29, 0.717) is 13.0 Å². The minimum absolute atomic E-state index is 0.222. The molecule has 0 saturated heterocycles. The van der Waals surface area contributed by atoms with Gasteiger partial charge in [-0.2, -0.15) is 18.4 Å². The van der Waals surface area contributed by atoms with Gasteiger partial charge in [-0.1, -0.05) is 6.07 Å². The highest BCUT2D eigenvalue weighted by Crippen LogP contribution is 2.31. The standard InChI is InChI=1S/C15H18F3NO/c1-14(2,11-19)8-3-4-9-20-13-7-5-6-12(10-13)15(16,17)18/h5-7,10H,3-4,8-9H2,1-2H3. The molecule has 0 N–H and O–H groups in total. The van der Waals surface area contributed by atoms with Crippen LogP contribution in [0.15, 0.2) is 24.3 Å². The molecule has 1 aromatic carbocycles. The van der Waals surface area contributed by atoms with Gasteiger partial charge in [-0.25, -0.2) is 0 Å². The van der Waals surface area contributed by atoms with Gasteiger partial charge in [-0.05, 0) is 51.3 Å². The Morgan fingerprint density at radius 1 is 1.20 bits per heavy atom. The second-order valence-corrected chi connectivity index (χ2v) is 5.33. The van der Waals surface area contributed by atoms with Crippen LogP contribution in [-0.2, 0) is 6.18 Å². The average Bonchev–Trinajstić information content (AvgIpc) is 2.37. The molecule has 2 nitrogen and oxygen atoms in total. The van der Waals surface area contributed by atoms with Gasteiger partial charge in [0.1, 0.15) is 5.75 Å². The van der Waals surface area contributed by atoms with Crippen molar-refractivity contribution in [1.82, 2.24) is 0 Å². The third-order valence-electron chi connectivity index (χ3n) is 2.93. The lowest BCUT2D eigenvalue weighted by molar-refractivity contribution is -0.137. The molecule has 0 spiro atoms. The van der Waals surface area contributed by atoms with Crippen molar-refractivity contribution in [2.45, 2.75) is 39.3 Å². The van der Waals surface area contributed by atoms with Crippen molar-refractivity contribution in [2.75, 3.05) is 6.61 Å². The largest absolute Gasteiger partial charge is 0.494 e. The maximum atomic E-state index is 12.5. The number of nitrogens with zero attached hydrogens (tertiary/aromatic N) is 1. The maximum absolute atomic E-state index is 12.5. The number of hydrogen-bond donors (Lipinski definition) is 0. The normalized spacial score (nSPS) is 12.0. The molecule has 0 saturated carbocycles. The SMILES string of the molecule is CC(C)(C#N)CCCCOc1cccc(C(F)(F)F)c1. The summed E-state index contributed by atoms with van der Waals surface area (Å²) < 4.78 is 42.8. The molecule has 20 heavy (non-hydrogen) atoms. The molecule has 0 unspecified atom stereocenters. The summed E-state index contributed by atoms with van der Waals surface area (Å²) in [4.78, 5) is 0. The summed E-state index contributed by atoms with van der Waals surface area (Å²) in [5, 5.41) is 8.85. The van der Waals surface area contributed by atoms with Gasteiger partial charge >= 0.3 is 6.18 Å². The van der Waals surface area contributed by atoms with Crippen molar-refractivity contribution in [2.24, 2.45) is 5.41 Å². The van der Waals surface area contributed by atoms with Crippen molar-refractivity contribution in [3.63, 3.8) is 0 Å². The average molecular weight is 285 g/mol. The first-order chi connectivity index (χ1) is 9.24. The second-order valence-electron chi connectivity index (χ2n) is 5.33. The number of benzene rings is 1. The van der Waals surface area contributed by atoms with Gasteiger partial charge in [-0.15, -0.1) is 0 Å². The molecule has 110 valence electrons. The second kappa shape index (κ2) is 6.65. The van der Waals surface area contributed by atoms with Gasteiger partial charge in [0.2, 0.25) is 0 Å². The van der Waals surface area contributed by atoms with Crippen LogP contribution < -0.4 is 4.74 Å². The fraction of sp³-hybridized carbons (Fsp3) is 0.533. The molecule has 0 amide bonds. The Morgan fingerprint density at radius 3 is 2.50 bits per heavy atom. The van der Waals surface area contributed by atoms with Crippen molar-refractivity contribution in [3.8, 4) is 11.8 Å². The molecule has 0 fully saturated rings. The summed E-state index contributed by atoms with van der Waals surface area (Å²) in [5.74, 6) is 0.222. The van der Waals surface area contributed by atoms with Crippen LogP contribution in [0.3, 0.4) is 0 Å². The highest BCUT2D eigenvalue weighted by Gasteiger charge is 2.30. The number of rotatable bonds is 6. The molecule has 0 aliphatic carbocycles. The summed E-state index contributed by atoms with van der Waals surface area (Å²) >= 11 is 0. The zero-order valence-electron chi connectivity index (χ0n) is 11.6. The number of halogens is 3. The summed E-state index contributed by atoms with van der Waals surface area (Å²) in [6.45, 7) is 4.07. The Balaban J connectivity index is 2.38. The van der Waals surface area contributed by atoms with Crippen molar-refractivity contribution >= 4 is 0 Å². The Bertz CT molecular complexity index is 475. The van der Waals surface area contributed by atoms with Crippen LogP contribution in [0.2, 0.25) is 0 Å². The van der Waals surface area contributed by atoms with E-state index in [1.807, 2.05) is 13.8 Å². The first-order valence-electron chi connectivity index (χ1n) is 6.46. The quantitative estimate of drug-likeness (QED) is 0.703. The van der Waals surface area contributed by atoms with Gasteiger partial charge < -0.3 is 4.74 Å². The van der Waals surface area contributed by atoms with E-state index < -0.39 is 11.7 Å². The minimum Gasteiger partial charge on any atom is -0.494 e. The molecule has 0 aliphatic heterocycles. The highest BCUT2D eigenvalue weighted by molar-refractivity contribution is 5.30. The van der Waals surface area contributed by atoms with E-state index in [4.69, 9.17) is 10.00 Å². The molecule has 0 radical (unpaired) electrons. The summed E-state index contributed by atoms with van der Waals surface area (Å²) in [7, 11) is 0. The molecule has 1 rings (SSSR count). The van der Waals surface area contributed by atoms with Crippen LogP contribution in [0, 0.1) is 16.7 Å². The molecule has 0 aromatic heterocycles. The predicted octanol–water partition coefficient (Wildman–Crippen LogP) is 4.80. The van der Waals surface area contributed by atoms with Crippen LogP contribution in [0.1, 0.15) is 38.7 Å². The van der Waals surface area contributed by atoms with Gasteiger partial charge in [0.15, 0.2) is 0 Å². The van der Waals surface area contributed by atoms with E-state index in [1.54, 1.807) is 0 Å². The Morgan fingerprint density at radius 2 is 1.90 bits per heavy atom. The van der Waals surface area contributed by atoms with Gasteiger partial charge in [-0.3, -0.25) is 0 Å². The Hall–Kier alpha value is -1.70. The van der Waals surface area contributed by atoms with E-state index in [9.17, 15) is 13.2 Å². The number of nitriles is 1. The summed E-state index contributed by atoms with van der Waals surface area (Å²) in [6.07, 6.45) is -2.09. The third-order valence-corrected chi connectivity index (χ3v) is 2.93. The van der Waals surface area contributed by atoms with Gasteiger partial charge in [0.05, 0.1) is 23.7 Å². The van der Waals surface area contributed by atoms with E-state index in [1.165, 1.54) is 12.1 Å². The zero-order chi connectivity index (χ0) is 15.2. The fourth-order valence-electron chi connectivity index (χ4n) is 1.68. The fourth-order valence-corrected chi connectivity index (χ4v) is 1.68. The molecule has 0 atom stereocenters. The van der Waals surface area contributed by atoms with Crippen molar-refractivity contribution < 1.29 is 17.9 Å². The lowest BCUT2D eigenvalue weighted by atomic mass is 9.89.